The first-order valence-corrected chi connectivity index (χ1v) is 4.83. The number of alkyl halides is 1. The van der Waals surface area contributed by atoms with Crippen molar-refractivity contribution in [1.29, 1.82) is 0 Å². The number of methoxy groups -OCH3 is 1. The molecule has 0 saturated heterocycles. The van der Waals surface area contributed by atoms with Crippen molar-refractivity contribution in [1.82, 2.24) is 0 Å². The molecule has 1 atom stereocenters. The van der Waals surface area contributed by atoms with E-state index in [-0.39, 0.29) is 5.97 Å². The van der Waals surface area contributed by atoms with Gasteiger partial charge in [-0.2, -0.15) is 0 Å². The smallest absolute Gasteiger partial charge is 0.305 e. The highest BCUT2D eigenvalue weighted by Gasteiger charge is 2.03. The van der Waals surface area contributed by atoms with Crippen LogP contribution in [-0.4, -0.2) is 17.9 Å². The fourth-order valence-electron chi connectivity index (χ4n) is 0.774. The van der Waals surface area contributed by atoms with Gasteiger partial charge in [-0.25, -0.2) is 0 Å². The summed E-state index contributed by atoms with van der Waals surface area (Å²) in [6.45, 7) is 2.12. The summed E-state index contributed by atoms with van der Waals surface area (Å²) in [5.74, 6) is -0.110. The minimum Gasteiger partial charge on any atom is -0.469 e. The van der Waals surface area contributed by atoms with Crippen molar-refractivity contribution in [2.45, 2.75) is 37.4 Å². The number of carbonyl (C=O) groups excluding carboxylic acids is 1. The molecular formula is C8H15BrO2. The van der Waals surface area contributed by atoms with E-state index in [1.165, 1.54) is 7.11 Å². The second-order valence-corrected chi connectivity index (χ2v) is 3.77. The molecule has 0 rings (SSSR count). The lowest BCUT2D eigenvalue weighted by Gasteiger charge is -2.04. The first kappa shape index (κ1) is 11.0. The quantitative estimate of drug-likeness (QED) is 0.528. The van der Waals surface area contributed by atoms with Crippen LogP contribution in [0, 0.1) is 0 Å². The number of halogens is 1. The Balaban J connectivity index is 3.20. The molecule has 0 spiro atoms. The van der Waals surface area contributed by atoms with E-state index in [9.17, 15) is 4.79 Å². The standard InChI is InChI=1S/C8H15BrO2/c1-3-7(9)5-4-6-8(10)11-2/h7H,3-6H2,1-2H3. The van der Waals surface area contributed by atoms with Crippen molar-refractivity contribution in [2.24, 2.45) is 0 Å². The van der Waals surface area contributed by atoms with E-state index in [4.69, 9.17) is 0 Å². The minimum absolute atomic E-state index is 0.110. The predicted molar refractivity (Wildman–Crippen MR) is 48.9 cm³/mol. The molecule has 3 heteroatoms. The van der Waals surface area contributed by atoms with Gasteiger partial charge in [0.05, 0.1) is 7.11 Å². The molecule has 0 fully saturated rings. The van der Waals surface area contributed by atoms with Gasteiger partial charge in [0.15, 0.2) is 0 Å². The summed E-state index contributed by atoms with van der Waals surface area (Å²) >= 11 is 3.50. The first-order chi connectivity index (χ1) is 5.20. The largest absolute Gasteiger partial charge is 0.469 e. The normalized spacial score (nSPS) is 12.6. The van der Waals surface area contributed by atoms with Crippen LogP contribution in [0.2, 0.25) is 0 Å². The van der Waals surface area contributed by atoms with Crippen molar-refractivity contribution in [3.63, 3.8) is 0 Å². The van der Waals surface area contributed by atoms with Crippen molar-refractivity contribution in [3.8, 4) is 0 Å². The van der Waals surface area contributed by atoms with Gasteiger partial charge in [0.1, 0.15) is 0 Å². The molecule has 0 aliphatic rings. The number of rotatable bonds is 5. The van der Waals surface area contributed by atoms with Crippen LogP contribution in [0.15, 0.2) is 0 Å². The highest BCUT2D eigenvalue weighted by atomic mass is 79.9. The highest BCUT2D eigenvalue weighted by Crippen LogP contribution is 2.12. The van der Waals surface area contributed by atoms with Gasteiger partial charge < -0.3 is 4.74 Å². The van der Waals surface area contributed by atoms with Crippen LogP contribution >= 0.6 is 15.9 Å². The third kappa shape index (κ3) is 6.35. The summed E-state index contributed by atoms with van der Waals surface area (Å²) in [4.78, 5) is 11.2. The van der Waals surface area contributed by atoms with E-state index < -0.39 is 0 Å². The monoisotopic (exact) mass is 222 g/mol. The molecule has 0 heterocycles. The number of ether oxygens (including phenoxy) is 1. The topological polar surface area (TPSA) is 26.3 Å². The molecule has 0 bridgehead atoms. The zero-order valence-corrected chi connectivity index (χ0v) is 8.69. The Kier molecular flexibility index (Phi) is 6.62. The maximum Gasteiger partial charge on any atom is 0.305 e. The minimum atomic E-state index is -0.110. The molecule has 0 aliphatic carbocycles. The van der Waals surface area contributed by atoms with E-state index in [0.717, 1.165) is 19.3 Å². The van der Waals surface area contributed by atoms with Gasteiger partial charge in [0.2, 0.25) is 0 Å². The highest BCUT2D eigenvalue weighted by molar-refractivity contribution is 9.09. The summed E-state index contributed by atoms with van der Waals surface area (Å²) in [5, 5.41) is 0. The molecule has 0 aliphatic heterocycles. The van der Waals surface area contributed by atoms with Crippen LogP contribution < -0.4 is 0 Å². The summed E-state index contributed by atoms with van der Waals surface area (Å²) in [6.07, 6.45) is 3.61. The van der Waals surface area contributed by atoms with Crippen LogP contribution in [-0.2, 0) is 9.53 Å². The molecule has 1 unspecified atom stereocenters. The van der Waals surface area contributed by atoms with Crippen LogP contribution in [0.25, 0.3) is 0 Å². The zero-order valence-electron chi connectivity index (χ0n) is 7.10. The van der Waals surface area contributed by atoms with Crippen molar-refractivity contribution in [2.75, 3.05) is 7.11 Å². The van der Waals surface area contributed by atoms with Gasteiger partial charge in [-0.1, -0.05) is 22.9 Å². The Bertz CT molecular complexity index is 115. The molecule has 0 aromatic carbocycles. The Morgan fingerprint density at radius 1 is 1.64 bits per heavy atom. The Labute approximate surface area is 76.4 Å². The van der Waals surface area contributed by atoms with Crippen LogP contribution in [0.5, 0.6) is 0 Å². The number of carbonyl (C=O) groups is 1. The van der Waals surface area contributed by atoms with E-state index >= 15 is 0 Å². The average Bonchev–Trinajstić information content (AvgIpc) is 2.04. The third-order valence-electron chi connectivity index (χ3n) is 1.57. The van der Waals surface area contributed by atoms with Gasteiger partial charge in [0.25, 0.3) is 0 Å². The molecule has 0 radical (unpaired) electrons. The third-order valence-corrected chi connectivity index (χ3v) is 2.67. The number of hydrogen-bond acceptors (Lipinski definition) is 2. The fourth-order valence-corrected chi connectivity index (χ4v) is 1.10. The van der Waals surface area contributed by atoms with Crippen LogP contribution in [0.3, 0.4) is 0 Å². The maximum absolute atomic E-state index is 10.6. The van der Waals surface area contributed by atoms with E-state index in [2.05, 4.69) is 27.6 Å². The second-order valence-electron chi connectivity index (χ2n) is 2.47. The number of hydrogen-bond donors (Lipinski definition) is 0. The maximum atomic E-state index is 10.6. The van der Waals surface area contributed by atoms with Gasteiger partial charge >= 0.3 is 5.97 Å². The lowest BCUT2D eigenvalue weighted by atomic mass is 10.1. The van der Waals surface area contributed by atoms with Gasteiger partial charge in [-0.3, -0.25) is 4.79 Å². The molecule has 2 nitrogen and oxygen atoms in total. The average molecular weight is 223 g/mol. The van der Waals surface area contributed by atoms with Gasteiger partial charge in [-0.05, 0) is 19.3 Å². The zero-order chi connectivity index (χ0) is 8.69. The summed E-state index contributed by atoms with van der Waals surface area (Å²) in [7, 11) is 1.42. The van der Waals surface area contributed by atoms with Crippen LogP contribution in [0.4, 0.5) is 0 Å². The van der Waals surface area contributed by atoms with E-state index in [0.29, 0.717) is 11.2 Å². The Morgan fingerprint density at radius 3 is 2.73 bits per heavy atom. The van der Waals surface area contributed by atoms with E-state index in [1.54, 1.807) is 0 Å². The summed E-state index contributed by atoms with van der Waals surface area (Å²) in [5.41, 5.74) is 0. The molecule has 11 heavy (non-hydrogen) atoms. The SMILES string of the molecule is CCC(Br)CCCC(=O)OC. The predicted octanol–water partition coefficient (Wildman–Crippen LogP) is 2.50. The molecule has 66 valence electrons. The summed E-state index contributed by atoms with van der Waals surface area (Å²) < 4.78 is 4.51. The molecule has 0 aromatic rings. The summed E-state index contributed by atoms with van der Waals surface area (Å²) in [6, 6.07) is 0. The lowest BCUT2D eigenvalue weighted by molar-refractivity contribution is -0.140. The molecular weight excluding hydrogens is 208 g/mol. The van der Waals surface area contributed by atoms with E-state index in [1.807, 2.05) is 0 Å². The Morgan fingerprint density at radius 2 is 2.27 bits per heavy atom. The van der Waals surface area contributed by atoms with Gasteiger partial charge in [-0.15, -0.1) is 0 Å². The lowest BCUT2D eigenvalue weighted by Crippen LogP contribution is -2.02. The van der Waals surface area contributed by atoms with Gasteiger partial charge in [0, 0.05) is 11.2 Å². The molecule has 0 saturated carbocycles. The van der Waals surface area contributed by atoms with Crippen molar-refractivity contribution >= 4 is 21.9 Å². The van der Waals surface area contributed by atoms with Crippen molar-refractivity contribution in [3.05, 3.63) is 0 Å². The second kappa shape index (κ2) is 6.65. The number of esters is 1. The molecule has 0 amide bonds. The molecule has 0 aromatic heterocycles. The first-order valence-electron chi connectivity index (χ1n) is 3.91. The molecule has 0 N–H and O–H groups in total. The van der Waals surface area contributed by atoms with Crippen molar-refractivity contribution < 1.29 is 9.53 Å². The fraction of sp³-hybridized carbons (Fsp3) is 0.875. The van der Waals surface area contributed by atoms with Crippen LogP contribution in [0.1, 0.15) is 32.6 Å². The Hall–Kier alpha value is -0.0500.